The second-order valence-electron chi connectivity index (χ2n) is 11.7. The number of nitrogens with zero attached hydrogens (tertiary/aromatic N) is 2. The lowest BCUT2D eigenvalue weighted by Gasteiger charge is -2.32. The number of benzene rings is 2. The second kappa shape index (κ2) is 15.1. The monoisotopic (exact) mass is 667 g/mol. The van der Waals surface area contributed by atoms with Crippen molar-refractivity contribution in [3.63, 3.8) is 0 Å². The van der Waals surface area contributed by atoms with Crippen LogP contribution in [-0.4, -0.2) is 72.9 Å². The molecule has 15 heteroatoms. The van der Waals surface area contributed by atoms with Gasteiger partial charge in [-0.1, -0.05) is 26.0 Å². The number of halogens is 5. The Labute approximate surface area is 268 Å². The van der Waals surface area contributed by atoms with Crippen molar-refractivity contribution in [3.8, 4) is 5.75 Å². The first-order chi connectivity index (χ1) is 22.2. The Kier molecular flexibility index (Phi) is 11.4. The van der Waals surface area contributed by atoms with Crippen molar-refractivity contribution in [2.45, 2.75) is 58.1 Å². The summed E-state index contributed by atoms with van der Waals surface area (Å²) in [5.41, 5.74) is 6.44. The number of carbonyl (C=O) groups excluding carboxylic acids is 3. The molecule has 1 fully saturated rings. The number of nitrogens with two attached hydrogens (primary N) is 1. The number of carbonyl (C=O) groups is 3. The number of hydrogen-bond donors (Lipinski definition) is 3. The number of amides is 3. The van der Waals surface area contributed by atoms with Crippen LogP contribution in [0.4, 0.5) is 22.0 Å². The van der Waals surface area contributed by atoms with Crippen LogP contribution < -0.4 is 21.1 Å². The van der Waals surface area contributed by atoms with E-state index in [-0.39, 0.29) is 67.6 Å². The van der Waals surface area contributed by atoms with E-state index in [2.05, 4.69) is 15.4 Å². The van der Waals surface area contributed by atoms with Crippen LogP contribution in [0.1, 0.15) is 54.1 Å². The first-order valence-electron chi connectivity index (χ1n) is 15.1. The first-order valence-corrected chi connectivity index (χ1v) is 15.1. The normalized spacial score (nSPS) is 14.8. The molecule has 1 unspecified atom stereocenters. The Hall–Kier alpha value is -4.24. The molecule has 4 rings (SSSR count). The average molecular weight is 668 g/mol. The van der Waals surface area contributed by atoms with E-state index in [9.17, 15) is 36.3 Å². The smallest absolute Gasteiger partial charge is 0.405 e. The van der Waals surface area contributed by atoms with Crippen LogP contribution in [0.2, 0.25) is 0 Å². The molecule has 4 N–H and O–H groups in total. The van der Waals surface area contributed by atoms with Crippen molar-refractivity contribution in [2.24, 2.45) is 11.7 Å². The van der Waals surface area contributed by atoms with Gasteiger partial charge in [0.2, 0.25) is 11.8 Å². The Morgan fingerprint density at radius 3 is 2.36 bits per heavy atom. The summed E-state index contributed by atoms with van der Waals surface area (Å²) in [6.45, 7) is 3.92. The molecule has 0 spiro atoms. The summed E-state index contributed by atoms with van der Waals surface area (Å²) >= 11 is 0. The van der Waals surface area contributed by atoms with Gasteiger partial charge in [0.1, 0.15) is 17.4 Å². The molecule has 1 aliphatic heterocycles. The topological polar surface area (TPSA) is 128 Å². The number of nitrogens with one attached hydrogen (secondary N) is 2. The van der Waals surface area contributed by atoms with Crippen LogP contribution in [0.3, 0.4) is 0 Å². The third-order valence-corrected chi connectivity index (χ3v) is 8.14. The Balaban J connectivity index is 1.45. The summed E-state index contributed by atoms with van der Waals surface area (Å²) in [6.07, 6.45) is -3.07. The van der Waals surface area contributed by atoms with E-state index in [0.29, 0.717) is 24.0 Å². The summed E-state index contributed by atoms with van der Waals surface area (Å²) < 4.78 is 80.1. The van der Waals surface area contributed by atoms with Crippen LogP contribution in [0, 0.1) is 17.6 Å². The number of hydrogen-bond acceptors (Lipinski definition) is 6. The van der Waals surface area contributed by atoms with Crippen LogP contribution in [-0.2, 0) is 27.4 Å². The molecule has 0 saturated carbocycles. The molecule has 1 saturated heterocycles. The van der Waals surface area contributed by atoms with Crippen LogP contribution in [0.25, 0.3) is 10.9 Å². The zero-order valence-corrected chi connectivity index (χ0v) is 26.3. The molecule has 1 aliphatic rings. The van der Waals surface area contributed by atoms with Crippen molar-refractivity contribution in [1.29, 1.82) is 0 Å². The fourth-order valence-corrected chi connectivity index (χ4v) is 5.54. The lowest BCUT2D eigenvalue weighted by Crippen LogP contribution is -2.47. The van der Waals surface area contributed by atoms with E-state index < -0.39 is 47.5 Å². The minimum atomic E-state index is -5.07. The Morgan fingerprint density at radius 2 is 1.72 bits per heavy atom. The molecule has 0 aliphatic carbocycles. The highest BCUT2D eigenvalue weighted by Gasteiger charge is 2.35. The number of methoxy groups -OCH3 is 1. The third kappa shape index (κ3) is 8.77. The highest BCUT2D eigenvalue weighted by Crippen LogP contribution is 2.38. The third-order valence-electron chi connectivity index (χ3n) is 8.14. The molecular formula is C32H38F5N5O5. The summed E-state index contributed by atoms with van der Waals surface area (Å²) in [6, 6.07) is 5.41. The molecule has 3 amide bonds. The molecule has 2 heterocycles. The fourth-order valence-electron chi connectivity index (χ4n) is 5.54. The summed E-state index contributed by atoms with van der Waals surface area (Å²) in [5, 5.41) is 4.86. The van der Waals surface area contributed by atoms with Gasteiger partial charge in [0.05, 0.1) is 35.7 Å². The maximum absolute atomic E-state index is 14.9. The zero-order chi connectivity index (χ0) is 34.5. The van der Waals surface area contributed by atoms with Crippen molar-refractivity contribution in [3.05, 3.63) is 64.9 Å². The molecule has 256 valence electrons. The van der Waals surface area contributed by atoms with Gasteiger partial charge in [-0.15, -0.1) is 13.2 Å². The quantitative estimate of drug-likeness (QED) is 0.249. The number of piperidine rings is 1. The minimum Gasteiger partial charge on any atom is -0.405 e. The van der Waals surface area contributed by atoms with Gasteiger partial charge in [-0.2, -0.15) is 0 Å². The molecule has 0 radical (unpaired) electrons. The number of likely N-dealkylation sites (tertiary alicyclic amines) is 1. The maximum Gasteiger partial charge on any atom is 0.573 e. The number of rotatable bonds is 12. The van der Waals surface area contributed by atoms with Crippen molar-refractivity contribution >= 4 is 28.6 Å². The molecular weight excluding hydrogens is 629 g/mol. The van der Waals surface area contributed by atoms with Gasteiger partial charge < -0.3 is 35.3 Å². The van der Waals surface area contributed by atoms with Crippen molar-refractivity contribution in [2.75, 3.05) is 33.4 Å². The van der Waals surface area contributed by atoms with Gasteiger partial charge in [-0.25, -0.2) is 8.78 Å². The lowest BCUT2D eigenvalue weighted by molar-refractivity contribution is -0.274. The van der Waals surface area contributed by atoms with E-state index in [1.807, 2.05) is 0 Å². The van der Waals surface area contributed by atoms with Gasteiger partial charge in [0.15, 0.2) is 0 Å². The molecule has 3 aromatic rings. The molecule has 10 nitrogen and oxygen atoms in total. The molecule has 47 heavy (non-hydrogen) atoms. The SMILES string of the molecule is COCCn1cc(C(=O)N2CCC(c3cc(CNC(=O)CNC(=O)C(N)C(C)C)ccc3F)CC2)c2c(OC(F)(F)F)ccc(F)c21. The largest absolute Gasteiger partial charge is 0.573 e. The second-order valence-corrected chi connectivity index (χ2v) is 11.7. The highest BCUT2D eigenvalue weighted by atomic mass is 19.4. The summed E-state index contributed by atoms with van der Waals surface area (Å²) in [4.78, 5) is 39.4. The summed E-state index contributed by atoms with van der Waals surface area (Å²) in [7, 11) is 1.41. The van der Waals surface area contributed by atoms with Gasteiger partial charge >= 0.3 is 6.36 Å². The summed E-state index contributed by atoms with van der Waals surface area (Å²) in [5.74, 6) is -3.85. The predicted octanol–water partition coefficient (Wildman–Crippen LogP) is 4.20. The van der Waals surface area contributed by atoms with Crippen molar-refractivity contribution < 1.29 is 45.8 Å². The Morgan fingerprint density at radius 1 is 1.04 bits per heavy atom. The van der Waals surface area contributed by atoms with Crippen LogP contribution in [0.15, 0.2) is 36.5 Å². The van der Waals surface area contributed by atoms with E-state index in [1.165, 1.54) is 34.9 Å². The minimum absolute atomic E-state index is 0.0752. The average Bonchev–Trinajstić information content (AvgIpc) is 3.43. The number of fused-ring (bicyclic) bond motifs is 1. The standard InChI is InChI=1S/C32H38F5N5O5/c1-18(2)28(38)30(44)40-16-26(43)39-15-19-4-5-23(33)21(14-19)20-8-10-41(11-9-20)31(45)22-17-42(12-13-46-3)29-24(34)6-7-25(27(22)29)47-32(35,36)37/h4-7,14,17-18,20,28H,8-13,15-16,38H2,1-3H3,(H,39,43)(H,40,44). The van der Waals surface area contributed by atoms with Gasteiger partial charge in [-0.05, 0) is 54.0 Å². The number of ether oxygens (including phenoxy) is 2. The number of alkyl halides is 3. The lowest BCUT2D eigenvalue weighted by atomic mass is 9.88. The van der Waals surface area contributed by atoms with E-state index in [0.717, 1.165) is 12.1 Å². The van der Waals surface area contributed by atoms with Crippen LogP contribution >= 0.6 is 0 Å². The molecule has 1 aromatic heterocycles. The van der Waals surface area contributed by atoms with Gasteiger partial charge in [0, 0.05) is 39.5 Å². The molecule has 0 bridgehead atoms. The fraction of sp³-hybridized carbons (Fsp3) is 0.469. The van der Waals surface area contributed by atoms with Gasteiger partial charge in [0.25, 0.3) is 5.91 Å². The highest BCUT2D eigenvalue weighted by molar-refractivity contribution is 6.09. The zero-order valence-electron chi connectivity index (χ0n) is 26.3. The van der Waals surface area contributed by atoms with E-state index in [4.69, 9.17) is 10.5 Å². The predicted molar refractivity (Wildman–Crippen MR) is 162 cm³/mol. The van der Waals surface area contributed by atoms with E-state index >= 15 is 0 Å². The number of aromatic nitrogens is 1. The maximum atomic E-state index is 14.9. The first kappa shape index (κ1) is 35.6. The van der Waals surface area contributed by atoms with Gasteiger partial charge in [-0.3, -0.25) is 14.4 Å². The molecule has 2 aromatic carbocycles. The molecule has 1 atom stereocenters. The van der Waals surface area contributed by atoms with Crippen molar-refractivity contribution in [1.82, 2.24) is 20.1 Å². The van der Waals surface area contributed by atoms with E-state index in [1.54, 1.807) is 19.9 Å². The Bertz CT molecular complexity index is 1600. The van der Waals surface area contributed by atoms with Crippen LogP contribution in [0.5, 0.6) is 5.75 Å².